The lowest BCUT2D eigenvalue weighted by Crippen LogP contribution is -2.44. The van der Waals surface area contributed by atoms with Crippen LogP contribution in [-0.2, 0) is 14.3 Å². The minimum atomic E-state index is -0.838. The van der Waals surface area contributed by atoms with Gasteiger partial charge in [0, 0.05) is 12.3 Å². The molecule has 4 rings (SSSR count). The summed E-state index contributed by atoms with van der Waals surface area (Å²) in [6, 6.07) is 15.4. The van der Waals surface area contributed by atoms with Crippen molar-refractivity contribution in [3.05, 3.63) is 59.7 Å². The highest BCUT2D eigenvalue weighted by atomic mass is 16.6. The number of nitrogens with zero attached hydrogens (tertiary/aromatic N) is 1. The number of rotatable bonds is 3. The van der Waals surface area contributed by atoms with Crippen molar-refractivity contribution in [2.24, 2.45) is 0 Å². The first-order valence-corrected chi connectivity index (χ1v) is 10.3. The molecule has 0 bridgehead atoms. The van der Waals surface area contributed by atoms with Crippen LogP contribution >= 0.6 is 0 Å². The molecule has 0 saturated carbocycles. The number of hydrogen-bond acceptors (Lipinski definition) is 5. The molecular formula is C24H27NO5. The fourth-order valence-electron chi connectivity index (χ4n) is 4.29. The van der Waals surface area contributed by atoms with Crippen LogP contribution in [0.15, 0.2) is 48.5 Å². The normalized spacial score (nSPS) is 20.6. The molecule has 6 heteroatoms. The molecular weight excluding hydrogens is 382 g/mol. The quantitative estimate of drug-likeness (QED) is 0.782. The topological polar surface area (TPSA) is 76.1 Å². The SMILES string of the molecule is CC(C)(C)OC(=O)[C@@H]1C[C@H](O)CN1C(=O)OCC1c2ccccc2-c2ccccc21. The fourth-order valence-corrected chi connectivity index (χ4v) is 4.29. The number of benzene rings is 2. The highest BCUT2D eigenvalue weighted by Gasteiger charge is 2.42. The number of β-amino-alcohol motifs (C(OH)–C–C–N with tert-alkyl or cyclic N) is 1. The first kappa shape index (κ1) is 20.4. The van der Waals surface area contributed by atoms with Crippen LogP contribution in [0.4, 0.5) is 4.79 Å². The second-order valence-electron chi connectivity index (χ2n) is 8.90. The third kappa shape index (κ3) is 3.92. The first-order valence-electron chi connectivity index (χ1n) is 10.3. The molecule has 1 aliphatic heterocycles. The van der Waals surface area contributed by atoms with Gasteiger partial charge in [-0.1, -0.05) is 48.5 Å². The molecule has 6 nitrogen and oxygen atoms in total. The van der Waals surface area contributed by atoms with E-state index in [0.29, 0.717) is 0 Å². The molecule has 2 aromatic carbocycles. The minimum absolute atomic E-state index is 0.0561. The summed E-state index contributed by atoms with van der Waals surface area (Å²) in [5, 5.41) is 10.0. The van der Waals surface area contributed by atoms with E-state index in [2.05, 4.69) is 24.3 Å². The van der Waals surface area contributed by atoms with Crippen molar-refractivity contribution in [1.29, 1.82) is 0 Å². The number of hydrogen-bond donors (Lipinski definition) is 1. The molecule has 2 atom stereocenters. The van der Waals surface area contributed by atoms with E-state index in [0.717, 1.165) is 22.3 Å². The van der Waals surface area contributed by atoms with E-state index in [1.807, 2.05) is 24.3 Å². The largest absolute Gasteiger partial charge is 0.458 e. The molecule has 1 saturated heterocycles. The molecule has 1 heterocycles. The van der Waals surface area contributed by atoms with Gasteiger partial charge in [0.25, 0.3) is 0 Å². The number of fused-ring (bicyclic) bond motifs is 3. The van der Waals surface area contributed by atoms with Crippen molar-refractivity contribution in [3.8, 4) is 11.1 Å². The van der Waals surface area contributed by atoms with Crippen molar-refractivity contribution >= 4 is 12.1 Å². The zero-order valence-corrected chi connectivity index (χ0v) is 17.5. The van der Waals surface area contributed by atoms with Gasteiger partial charge in [-0.15, -0.1) is 0 Å². The van der Waals surface area contributed by atoms with Crippen LogP contribution in [0.1, 0.15) is 44.2 Å². The van der Waals surface area contributed by atoms with Crippen LogP contribution < -0.4 is 0 Å². The number of ether oxygens (including phenoxy) is 2. The molecule has 0 aromatic heterocycles. The number of aliphatic hydroxyl groups is 1. The highest BCUT2D eigenvalue weighted by molar-refractivity contribution is 5.83. The summed E-state index contributed by atoms with van der Waals surface area (Å²) in [5.74, 6) is -0.582. The van der Waals surface area contributed by atoms with Gasteiger partial charge in [0.15, 0.2) is 0 Å². The maximum absolute atomic E-state index is 12.8. The van der Waals surface area contributed by atoms with Gasteiger partial charge in [-0.3, -0.25) is 4.90 Å². The third-order valence-electron chi connectivity index (χ3n) is 5.53. The van der Waals surface area contributed by atoms with Crippen LogP contribution in [0.25, 0.3) is 11.1 Å². The van der Waals surface area contributed by atoms with Crippen LogP contribution in [0.3, 0.4) is 0 Å². The second kappa shape index (κ2) is 7.76. The van der Waals surface area contributed by atoms with Gasteiger partial charge in [-0.25, -0.2) is 9.59 Å². The summed E-state index contributed by atoms with van der Waals surface area (Å²) in [4.78, 5) is 26.6. The van der Waals surface area contributed by atoms with Gasteiger partial charge in [0.05, 0.1) is 12.6 Å². The molecule has 2 aliphatic rings. The highest BCUT2D eigenvalue weighted by Crippen LogP contribution is 2.44. The van der Waals surface area contributed by atoms with Crippen LogP contribution in [0, 0.1) is 0 Å². The van der Waals surface area contributed by atoms with Crippen LogP contribution in [0.5, 0.6) is 0 Å². The molecule has 1 aliphatic carbocycles. The van der Waals surface area contributed by atoms with Gasteiger partial charge >= 0.3 is 12.1 Å². The molecule has 2 aromatic rings. The molecule has 1 N–H and O–H groups in total. The van der Waals surface area contributed by atoms with Crippen molar-refractivity contribution in [1.82, 2.24) is 4.90 Å². The predicted octanol–water partition coefficient (Wildman–Crippen LogP) is 3.71. The van der Waals surface area contributed by atoms with Crippen LogP contribution in [0.2, 0.25) is 0 Å². The Balaban J connectivity index is 1.49. The van der Waals surface area contributed by atoms with E-state index in [4.69, 9.17) is 9.47 Å². The summed E-state index contributed by atoms with van der Waals surface area (Å²) < 4.78 is 11.1. The predicted molar refractivity (Wildman–Crippen MR) is 112 cm³/mol. The summed E-state index contributed by atoms with van der Waals surface area (Å²) >= 11 is 0. The minimum Gasteiger partial charge on any atom is -0.458 e. The average molecular weight is 409 g/mol. The molecule has 0 unspecified atom stereocenters. The maximum atomic E-state index is 12.8. The fraction of sp³-hybridized carbons (Fsp3) is 0.417. The van der Waals surface area contributed by atoms with Crippen molar-refractivity contribution in [3.63, 3.8) is 0 Å². The first-order chi connectivity index (χ1) is 14.2. The summed E-state index contributed by atoms with van der Waals surface area (Å²) in [5.41, 5.74) is 3.88. The van der Waals surface area contributed by atoms with Crippen LogP contribution in [-0.4, -0.2) is 53.0 Å². The molecule has 158 valence electrons. The Labute approximate surface area is 176 Å². The van der Waals surface area contributed by atoms with Crippen molar-refractivity contribution < 1.29 is 24.2 Å². The van der Waals surface area contributed by atoms with E-state index in [1.54, 1.807) is 20.8 Å². The van der Waals surface area contributed by atoms with E-state index >= 15 is 0 Å². The molecule has 0 radical (unpaired) electrons. The average Bonchev–Trinajstić information content (AvgIpc) is 3.23. The number of carbonyl (C=O) groups excluding carboxylic acids is 2. The lowest BCUT2D eigenvalue weighted by atomic mass is 9.98. The molecule has 1 fully saturated rings. The van der Waals surface area contributed by atoms with E-state index in [1.165, 1.54) is 4.90 Å². The number of esters is 1. The van der Waals surface area contributed by atoms with Gasteiger partial charge < -0.3 is 14.6 Å². The van der Waals surface area contributed by atoms with E-state index < -0.39 is 29.8 Å². The molecule has 30 heavy (non-hydrogen) atoms. The van der Waals surface area contributed by atoms with E-state index in [9.17, 15) is 14.7 Å². The zero-order valence-electron chi connectivity index (χ0n) is 17.5. The maximum Gasteiger partial charge on any atom is 0.410 e. The summed E-state index contributed by atoms with van der Waals surface area (Å²) in [6.45, 7) is 5.54. The monoisotopic (exact) mass is 409 g/mol. The van der Waals surface area contributed by atoms with Crippen molar-refractivity contribution in [2.45, 2.75) is 50.9 Å². The van der Waals surface area contributed by atoms with Gasteiger partial charge in [0.1, 0.15) is 18.2 Å². The van der Waals surface area contributed by atoms with Crippen molar-refractivity contribution in [2.75, 3.05) is 13.2 Å². The Hall–Kier alpha value is -2.86. The Morgan fingerprint density at radius 2 is 1.60 bits per heavy atom. The lowest BCUT2D eigenvalue weighted by molar-refractivity contribution is -0.159. The standard InChI is InChI=1S/C24H27NO5/c1-24(2,3)30-22(27)21-12-15(26)13-25(21)23(28)29-14-20-18-10-6-4-8-16(18)17-9-5-7-11-19(17)20/h4-11,15,20-21,26H,12-14H2,1-3H3/t15-,21-/m0/s1. The van der Waals surface area contributed by atoms with Gasteiger partial charge in [-0.05, 0) is 43.0 Å². The molecule has 0 spiro atoms. The number of aliphatic hydroxyl groups excluding tert-OH is 1. The Bertz CT molecular complexity index is 919. The lowest BCUT2D eigenvalue weighted by Gasteiger charge is -2.27. The Morgan fingerprint density at radius 1 is 1.03 bits per heavy atom. The number of likely N-dealkylation sites (tertiary alicyclic amines) is 1. The van der Waals surface area contributed by atoms with Gasteiger partial charge in [-0.2, -0.15) is 0 Å². The second-order valence-corrected chi connectivity index (χ2v) is 8.90. The summed E-state index contributed by atoms with van der Waals surface area (Å²) in [6.07, 6.45) is -1.23. The smallest absolute Gasteiger partial charge is 0.410 e. The zero-order chi connectivity index (χ0) is 21.5. The number of amides is 1. The molecule has 1 amide bonds. The van der Waals surface area contributed by atoms with Gasteiger partial charge in [0.2, 0.25) is 0 Å². The Morgan fingerprint density at radius 3 is 2.17 bits per heavy atom. The van der Waals surface area contributed by atoms with E-state index in [-0.39, 0.29) is 25.5 Å². The number of carbonyl (C=O) groups is 2. The Kier molecular flexibility index (Phi) is 5.28. The summed E-state index contributed by atoms with van der Waals surface area (Å²) in [7, 11) is 0. The third-order valence-corrected chi connectivity index (χ3v) is 5.53.